The maximum Gasteiger partial charge on any atom is 0.224 e. The summed E-state index contributed by atoms with van der Waals surface area (Å²) in [5.74, 6) is 1.50. The van der Waals surface area contributed by atoms with E-state index in [1.54, 1.807) is 7.11 Å². The normalized spacial score (nSPS) is 11.4. The molecule has 0 amide bonds. The number of aryl methyl sites for hydroxylation is 1. The van der Waals surface area contributed by atoms with Crippen LogP contribution in [0.5, 0.6) is 0 Å². The van der Waals surface area contributed by atoms with Crippen LogP contribution in [0.4, 0.5) is 11.8 Å². The number of rotatable bonds is 7. The molecule has 0 aromatic carbocycles. The third kappa shape index (κ3) is 4.87. The van der Waals surface area contributed by atoms with E-state index < -0.39 is 0 Å². The molecule has 0 unspecified atom stereocenters. The molecule has 102 valence electrons. The molecule has 0 aliphatic carbocycles. The molecule has 18 heavy (non-hydrogen) atoms. The zero-order chi connectivity index (χ0) is 13.6. The summed E-state index contributed by atoms with van der Waals surface area (Å²) in [5, 5.41) is 6.56. The first kappa shape index (κ1) is 14.7. The second kappa shape index (κ2) is 6.54. The van der Waals surface area contributed by atoms with Crippen molar-refractivity contribution in [2.24, 2.45) is 0 Å². The Kier molecular flexibility index (Phi) is 5.34. The second-order valence-electron chi connectivity index (χ2n) is 5.09. The van der Waals surface area contributed by atoms with Crippen LogP contribution in [0.15, 0.2) is 6.07 Å². The van der Waals surface area contributed by atoms with Crippen LogP contribution in [0.1, 0.15) is 32.9 Å². The third-order valence-electron chi connectivity index (χ3n) is 2.36. The molecule has 2 N–H and O–H groups in total. The van der Waals surface area contributed by atoms with Crippen molar-refractivity contribution >= 4 is 11.8 Å². The van der Waals surface area contributed by atoms with Crippen molar-refractivity contribution in [2.75, 3.05) is 30.9 Å². The molecular formula is C13H24N4O. The van der Waals surface area contributed by atoms with Crippen LogP contribution in [0.2, 0.25) is 0 Å². The second-order valence-corrected chi connectivity index (χ2v) is 5.09. The summed E-state index contributed by atoms with van der Waals surface area (Å²) in [6, 6.07) is 1.94. The minimum atomic E-state index is -0.155. The zero-order valence-corrected chi connectivity index (χ0v) is 12.0. The quantitative estimate of drug-likeness (QED) is 0.780. The molecule has 0 bridgehead atoms. The number of methoxy groups -OCH3 is 1. The van der Waals surface area contributed by atoms with Gasteiger partial charge < -0.3 is 15.4 Å². The number of ether oxygens (including phenoxy) is 1. The molecule has 1 rings (SSSR count). The number of nitrogens with one attached hydrogen (secondary N) is 2. The predicted molar refractivity (Wildman–Crippen MR) is 75.1 cm³/mol. The van der Waals surface area contributed by atoms with Gasteiger partial charge in [0.2, 0.25) is 5.95 Å². The van der Waals surface area contributed by atoms with Gasteiger partial charge in [-0.25, -0.2) is 4.98 Å². The Morgan fingerprint density at radius 1 is 1.33 bits per heavy atom. The van der Waals surface area contributed by atoms with E-state index in [-0.39, 0.29) is 5.54 Å². The highest BCUT2D eigenvalue weighted by molar-refractivity contribution is 5.43. The van der Waals surface area contributed by atoms with Crippen molar-refractivity contribution in [3.8, 4) is 0 Å². The summed E-state index contributed by atoms with van der Waals surface area (Å²) in [7, 11) is 1.70. The fourth-order valence-corrected chi connectivity index (χ4v) is 1.69. The van der Waals surface area contributed by atoms with E-state index in [2.05, 4.69) is 41.4 Å². The molecule has 1 aromatic rings. The smallest absolute Gasteiger partial charge is 0.224 e. The van der Waals surface area contributed by atoms with Gasteiger partial charge >= 0.3 is 0 Å². The van der Waals surface area contributed by atoms with Gasteiger partial charge in [-0.1, -0.05) is 6.92 Å². The average Bonchev–Trinajstić information content (AvgIpc) is 2.24. The molecule has 0 saturated heterocycles. The molecule has 0 spiro atoms. The predicted octanol–water partition coefficient (Wildman–Crippen LogP) is 2.44. The van der Waals surface area contributed by atoms with Gasteiger partial charge in [0.15, 0.2) is 0 Å². The van der Waals surface area contributed by atoms with Crippen molar-refractivity contribution in [3.05, 3.63) is 11.8 Å². The maximum absolute atomic E-state index is 5.18. The Hall–Kier alpha value is -1.36. The molecule has 0 atom stereocenters. The first-order valence-electron chi connectivity index (χ1n) is 6.33. The molecule has 5 nitrogen and oxygen atoms in total. The Morgan fingerprint density at radius 3 is 2.67 bits per heavy atom. The van der Waals surface area contributed by atoms with E-state index in [0.717, 1.165) is 24.5 Å². The number of hydrogen-bond acceptors (Lipinski definition) is 5. The summed E-state index contributed by atoms with van der Waals surface area (Å²) in [6.45, 7) is 9.73. The molecule has 0 aliphatic heterocycles. The third-order valence-corrected chi connectivity index (χ3v) is 2.36. The standard InChI is InChI=1S/C13H24N4O/c1-6-7-14-12-15-10(2)8-11(16-12)17-13(3,4)9-18-5/h8H,6-7,9H2,1-5H3,(H2,14,15,16,17). The molecule has 0 radical (unpaired) electrons. The SMILES string of the molecule is CCCNc1nc(C)cc(NC(C)(C)COC)n1. The van der Waals surface area contributed by atoms with Gasteiger partial charge in [-0.05, 0) is 27.2 Å². The lowest BCUT2D eigenvalue weighted by Gasteiger charge is -2.26. The largest absolute Gasteiger partial charge is 0.382 e. The molecule has 0 aliphatic rings. The van der Waals surface area contributed by atoms with Gasteiger partial charge in [-0.2, -0.15) is 4.98 Å². The van der Waals surface area contributed by atoms with E-state index in [0.29, 0.717) is 12.6 Å². The fourth-order valence-electron chi connectivity index (χ4n) is 1.69. The lowest BCUT2D eigenvalue weighted by atomic mass is 10.1. The molecular weight excluding hydrogens is 228 g/mol. The number of hydrogen-bond donors (Lipinski definition) is 2. The molecule has 0 saturated carbocycles. The van der Waals surface area contributed by atoms with Crippen LogP contribution in [0.3, 0.4) is 0 Å². The van der Waals surface area contributed by atoms with Gasteiger partial charge in [0.1, 0.15) is 5.82 Å². The van der Waals surface area contributed by atoms with Gasteiger partial charge in [0.25, 0.3) is 0 Å². The van der Waals surface area contributed by atoms with E-state index in [9.17, 15) is 0 Å². The minimum absolute atomic E-state index is 0.155. The summed E-state index contributed by atoms with van der Waals surface area (Å²) < 4.78 is 5.18. The van der Waals surface area contributed by atoms with Crippen LogP contribution in [0, 0.1) is 6.92 Å². The number of nitrogens with zero attached hydrogens (tertiary/aromatic N) is 2. The summed E-state index contributed by atoms with van der Waals surface area (Å²) in [5.41, 5.74) is 0.789. The van der Waals surface area contributed by atoms with Crippen molar-refractivity contribution in [2.45, 2.75) is 39.7 Å². The summed E-state index contributed by atoms with van der Waals surface area (Å²) in [6.07, 6.45) is 1.05. The molecule has 1 aromatic heterocycles. The number of anilines is 2. The van der Waals surface area contributed by atoms with E-state index in [1.165, 1.54) is 0 Å². The topological polar surface area (TPSA) is 59.1 Å². The van der Waals surface area contributed by atoms with E-state index >= 15 is 0 Å². The van der Waals surface area contributed by atoms with Crippen molar-refractivity contribution in [1.82, 2.24) is 9.97 Å². The van der Waals surface area contributed by atoms with E-state index in [1.807, 2.05) is 13.0 Å². The first-order valence-corrected chi connectivity index (χ1v) is 6.33. The van der Waals surface area contributed by atoms with E-state index in [4.69, 9.17) is 4.74 Å². The Balaban J connectivity index is 2.79. The monoisotopic (exact) mass is 252 g/mol. The zero-order valence-electron chi connectivity index (χ0n) is 12.0. The van der Waals surface area contributed by atoms with Crippen LogP contribution in [-0.2, 0) is 4.74 Å². The first-order chi connectivity index (χ1) is 8.46. The lowest BCUT2D eigenvalue weighted by Crippen LogP contribution is -2.36. The summed E-state index contributed by atoms with van der Waals surface area (Å²) >= 11 is 0. The highest BCUT2D eigenvalue weighted by Crippen LogP contribution is 2.15. The van der Waals surface area contributed by atoms with Crippen LogP contribution in [0.25, 0.3) is 0 Å². The van der Waals surface area contributed by atoms with Crippen LogP contribution >= 0.6 is 0 Å². The molecule has 1 heterocycles. The Morgan fingerprint density at radius 2 is 2.06 bits per heavy atom. The highest BCUT2D eigenvalue weighted by Gasteiger charge is 2.18. The van der Waals surface area contributed by atoms with Gasteiger partial charge in [0.05, 0.1) is 12.1 Å². The minimum Gasteiger partial charge on any atom is -0.382 e. The molecule has 5 heteroatoms. The number of aromatic nitrogens is 2. The van der Waals surface area contributed by atoms with Gasteiger partial charge in [-0.3, -0.25) is 0 Å². The van der Waals surface area contributed by atoms with Crippen molar-refractivity contribution < 1.29 is 4.74 Å². The van der Waals surface area contributed by atoms with Crippen molar-refractivity contribution in [1.29, 1.82) is 0 Å². The van der Waals surface area contributed by atoms with Gasteiger partial charge in [0, 0.05) is 25.4 Å². The van der Waals surface area contributed by atoms with Gasteiger partial charge in [-0.15, -0.1) is 0 Å². The maximum atomic E-state index is 5.18. The highest BCUT2D eigenvalue weighted by atomic mass is 16.5. The lowest BCUT2D eigenvalue weighted by molar-refractivity contribution is 0.158. The van der Waals surface area contributed by atoms with Crippen LogP contribution < -0.4 is 10.6 Å². The van der Waals surface area contributed by atoms with Crippen molar-refractivity contribution in [3.63, 3.8) is 0 Å². The Labute approximate surface area is 109 Å². The Bertz CT molecular complexity index is 379. The molecule has 0 fully saturated rings. The fraction of sp³-hybridized carbons (Fsp3) is 0.692. The average molecular weight is 252 g/mol. The summed E-state index contributed by atoms with van der Waals surface area (Å²) in [4.78, 5) is 8.80. The van der Waals surface area contributed by atoms with Crippen LogP contribution in [-0.4, -0.2) is 35.8 Å².